The molecule has 124 valence electrons. The van der Waals surface area contributed by atoms with Gasteiger partial charge < -0.3 is 19.5 Å². The van der Waals surface area contributed by atoms with Crippen LogP contribution in [0.2, 0.25) is 0 Å². The van der Waals surface area contributed by atoms with Crippen molar-refractivity contribution >= 4 is 28.5 Å². The highest BCUT2D eigenvalue weighted by atomic mass is 16.4. The predicted octanol–water partition coefficient (Wildman–Crippen LogP) is 0.528. The summed E-state index contributed by atoms with van der Waals surface area (Å²) in [7, 11) is 0. The third kappa shape index (κ3) is 1.86. The minimum atomic E-state index is -1.19. The number of benzene rings is 1. The number of H-pyrrole nitrogens is 1. The van der Waals surface area contributed by atoms with Crippen LogP contribution in [0.3, 0.4) is 0 Å². The number of amides is 1. The van der Waals surface area contributed by atoms with Gasteiger partial charge in [-0.05, 0) is 36.6 Å². The number of aliphatic carboxylic acids is 1. The second-order valence-electron chi connectivity index (χ2n) is 6.10. The second kappa shape index (κ2) is 4.81. The van der Waals surface area contributed by atoms with Crippen molar-refractivity contribution in [3.63, 3.8) is 0 Å². The van der Waals surface area contributed by atoms with Crippen molar-refractivity contribution in [2.75, 3.05) is 0 Å². The van der Waals surface area contributed by atoms with Gasteiger partial charge in [0, 0.05) is 0 Å². The Morgan fingerprint density at radius 3 is 2.83 bits per heavy atom. The van der Waals surface area contributed by atoms with E-state index in [4.69, 9.17) is 4.42 Å². The van der Waals surface area contributed by atoms with Gasteiger partial charge in [0.25, 0.3) is 0 Å². The molecule has 0 aliphatic carbocycles. The average molecular weight is 330 g/mol. The summed E-state index contributed by atoms with van der Waals surface area (Å²) >= 11 is 0. The molecule has 0 saturated carbocycles. The van der Waals surface area contributed by atoms with E-state index in [-0.39, 0.29) is 17.6 Å². The van der Waals surface area contributed by atoms with Gasteiger partial charge in [-0.25, -0.2) is 9.59 Å². The Balaban J connectivity index is 1.82. The first kappa shape index (κ1) is 14.7. The molecule has 3 atom stereocenters. The molecular weight excluding hydrogens is 316 g/mol. The topological polar surface area (TPSA) is 124 Å². The van der Waals surface area contributed by atoms with Gasteiger partial charge in [-0.15, -0.1) is 0 Å². The lowest BCUT2D eigenvalue weighted by atomic mass is 9.82. The summed E-state index contributed by atoms with van der Waals surface area (Å²) in [6.45, 7) is 1.53. The number of aliphatic hydroxyl groups is 1. The lowest BCUT2D eigenvalue weighted by Gasteiger charge is -2.44. The number of oxazole rings is 1. The zero-order valence-electron chi connectivity index (χ0n) is 12.6. The molecule has 4 rings (SSSR count). The van der Waals surface area contributed by atoms with Gasteiger partial charge in [0.15, 0.2) is 5.58 Å². The van der Waals surface area contributed by atoms with Crippen LogP contribution in [0.4, 0.5) is 0 Å². The number of hydrogen-bond acceptors (Lipinski definition) is 5. The molecule has 2 aromatic rings. The van der Waals surface area contributed by atoms with Crippen molar-refractivity contribution in [3.8, 4) is 0 Å². The summed E-state index contributed by atoms with van der Waals surface area (Å²) in [6, 6.07) is 4.54. The number of carbonyl (C=O) groups is 2. The molecule has 1 amide bonds. The van der Waals surface area contributed by atoms with E-state index in [0.717, 1.165) is 0 Å². The van der Waals surface area contributed by atoms with E-state index >= 15 is 0 Å². The molecule has 0 spiro atoms. The van der Waals surface area contributed by atoms with Crippen LogP contribution in [-0.2, 0) is 9.59 Å². The standard InChI is InChI=1S/C16H14N2O6/c1-6(19)12-10-5-8(13(15(21)22)18(10)14(12)20)7-2-3-9-11(4-7)24-16(23)17-9/h2-4,6,10,12,19H,5H2,1H3,(H,17,23)(H,21,22)/t6-,10-,12-/m1/s1. The Bertz CT molecular complexity index is 966. The molecule has 24 heavy (non-hydrogen) atoms. The number of aromatic amines is 1. The summed E-state index contributed by atoms with van der Waals surface area (Å²) in [5.74, 6) is -2.75. The molecule has 8 heteroatoms. The molecule has 1 aromatic carbocycles. The van der Waals surface area contributed by atoms with Gasteiger partial charge in [-0.1, -0.05) is 6.07 Å². The number of aromatic nitrogens is 1. The number of carboxylic acids is 1. The molecule has 2 aliphatic heterocycles. The molecule has 0 radical (unpaired) electrons. The van der Waals surface area contributed by atoms with Gasteiger partial charge in [-0.2, -0.15) is 0 Å². The van der Waals surface area contributed by atoms with Crippen LogP contribution in [0.5, 0.6) is 0 Å². The van der Waals surface area contributed by atoms with Crippen LogP contribution in [0.25, 0.3) is 16.7 Å². The first-order valence-electron chi connectivity index (χ1n) is 7.49. The van der Waals surface area contributed by atoms with Crippen molar-refractivity contribution in [2.45, 2.75) is 25.5 Å². The van der Waals surface area contributed by atoms with Gasteiger partial charge in [0.2, 0.25) is 5.91 Å². The highest BCUT2D eigenvalue weighted by molar-refractivity contribution is 6.06. The summed E-state index contributed by atoms with van der Waals surface area (Å²) in [4.78, 5) is 38.9. The fraction of sp³-hybridized carbons (Fsp3) is 0.312. The Morgan fingerprint density at radius 1 is 1.42 bits per heavy atom. The number of rotatable bonds is 3. The van der Waals surface area contributed by atoms with Gasteiger partial charge in [-0.3, -0.25) is 9.78 Å². The fourth-order valence-corrected chi connectivity index (χ4v) is 3.66. The maximum absolute atomic E-state index is 12.2. The van der Waals surface area contributed by atoms with Crippen molar-refractivity contribution < 1.29 is 24.2 Å². The van der Waals surface area contributed by atoms with E-state index < -0.39 is 23.7 Å². The Morgan fingerprint density at radius 2 is 2.17 bits per heavy atom. The Kier molecular flexibility index (Phi) is 2.95. The first-order chi connectivity index (χ1) is 11.4. The Hall–Kier alpha value is -2.87. The molecule has 1 fully saturated rings. The molecule has 0 unspecified atom stereocenters. The zero-order chi connectivity index (χ0) is 17.2. The quantitative estimate of drug-likeness (QED) is 0.705. The fourth-order valence-electron chi connectivity index (χ4n) is 3.66. The zero-order valence-corrected chi connectivity index (χ0v) is 12.6. The molecule has 3 N–H and O–H groups in total. The summed E-state index contributed by atoms with van der Waals surface area (Å²) in [6.07, 6.45) is -0.498. The minimum absolute atomic E-state index is 0.0702. The number of nitrogens with zero attached hydrogens (tertiary/aromatic N) is 1. The van der Waals surface area contributed by atoms with Crippen molar-refractivity contribution in [1.29, 1.82) is 0 Å². The van der Waals surface area contributed by atoms with Crippen LogP contribution in [0.15, 0.2) is 33.1 Å². The molecule has 0 bridgehead atoms. The van der Waals surface area contributed by atoms with Gasteiger partial charge in [0.1, 0.15) is 5.70 Å². The number of carboxylic acid groups (broad SMARTS) is 1. The summed E-state index contributed by atoms with van der Waals surface area (Å²) < 4.78 is 5.01. The van der Waals surface area contributed by atoms with Crippen molar-refractivity contribution in [3.05, 3.63) is 40.0 Å². The van der Waals surface area contributed by atoms with E-state index in [0.29, 0.717) is 28.7 Å². The highest BCUT2D eigenvalue weighted by Gasteiger charge is 2.56. The number of aliphatic hydroxyl groups excluding tert-OH is 1. The molecule has 1 saturated heterocycles. The van der Waals surface area contributed by atoms with Crippen LogP contribution in [0, 0.1) is 5.92 Å². The van der Waals surface area contributed by atoms with E-state index in [2.05, 4.69) is 4.98 Å². The predicted molar refractivity (Wildman–Crippen MR) is 81.8 cm³/mol. The molecular formula is C16H14N2O6. The van der Waals surface area contributed by atoms with Crippen LogP contribution in [-0.4, -0.2) is 44.1 Å². The van der Waals surface area contributed by atoms with Gasteiger partial charge >= 0.3 is 11.7 Å². The highest BCUT2D eigenvalue weighted by Crippen LogP contribution is 2.47. The third-order valence-electron chi connectivity index (χ3n) is 4.70. The average Bonchev–Trinajstić information content (AvgIpc) is 3.02. The number of carbonyl (C=O) groups excluding carboxylic acids is 1. The minimum Gasteiger partial charge on any atom is -0.477 e. The number of nitrogens with one attached hydrogen (secondary N) is 1. The van der Waals surface area contributed by atoms with Gasteiger partial charge in [0.05, 0.1) is 23.6 Å². The third-order valence-corrected chi connectivity index (χ3v) is 4.70. The smallest absolute Gasteiger partial charge is 0.417 e. The monoisotopic (exact) mass is 330 g/mol. The Labute approximate surface area is 135 Å². The number of hydrogen-bond donors (Lipinski definition) is 3. The second-order valence-corrected chi connectivity index (χ2v) is 6.10. The maximum atomic E-state index is 12.2. The van der Waals surface area contributed by atoms with E-state index in [1.54, 1.807) is 18.2 Å². The first-order valence-corrected chi connectivity index (χ1v) is 7.49. The molecule has 8 nitrogen and oxygen atoms in total. The van der Waals surface area contributed by atoms with E-state index in [1.807, 2.05) is 0 Å². The molecule has 3 heterocycles. The molecule has 1 aromatic heterocycles. The SMILES string of the molecule is C[C@@H](O)[C@H]1C(=O)N2C(C(=O)O)=C(c3ccc4[nH]c(=O)oc4c3)C[C@H]12. The van der Waals surface area contributed by atoms with E-state index in [1.165, 1.54) is 11.8 Å². The number of β-lactam (4-membered cyclic amide) rings is 1. The van der Waals surface area contributed by atoms with Crippen LogP contribution in [0.1, 0.15) is 18.9 Å². The maximum Gasteiger partial charge on any atom is 0.417 e. The largest absolute Gasteiger partial charge is 0.477 e. The summed E-state index contributed by atoms with van der Waals surface area (Å²) in [5, 5.41) is 19.3. The normalized spacial score (nSPS) is 24.2. The summed E-state index contributed by atoms with van der Waals surface area (Å²) in [5.41, 5.74) is 1.84. The lowest BCUT2D eigenvalue weighted by Crippen LogP contribution is -2.61. The lowest BCUT2D eigenvalue weighted by molar-refractivity contribution is -0.161. The van der Waals surface area contributed by atoms with Crippen LogP contribution >= 0.6 is 0 Å². The van der Waals surface area contributed by atoms with Crippen molar-refractivity contribution in [1.82, 2.24) is 9.88 Å². The van der Waals surface area contributed by atoms with Crippen LogP contribution < -0.4 is 5.76 Å². The number of fused-ring (bicyclic) bond motifs is 2. The van der Waals surface area contributed by atoms with Crippen molar-refractivity contribution in [2.24, 2.45) is 5.92 Å². The molecule has 2 aliphatic rings. The van der Waals surface area contributed by atoms with E-state index in [9.17, 15) is 24.6 Å².